The third-order valence-corrected chi connectivity index (χ3v) is 2.87. The maximum Gasteiger partial charge on any atom is 0.175 e. The summed E-state index contributed by atoms with van der Waals surface area (Å²) < 4.78 is 23.6. The van der Waals surface area contributed by atoms with Gasteiger partial charge in [-0.3, -0.25) is 0 Å². The predicted molar refractivity (Wildman–Crippen MR) is 68.6 cm³/mol. The summed E-state index contributed by atoms with van der Waals surface area (Å²) >= 11 is 0. The average molecular weight is 258 g/mol. The van der Waals surface area contributed by atoms with E-state index >= 15 is 0 Å². The van der Waals surface area contributed by atoms with Crippen molar-refractivity contribution in [3.8, 4) is 11.5 Å². The highest BCUT2D eigenvalue weighted by molar-refractivity contribution is 5.85. The van der Waals surface area contributed by atoms with Crippen LogP contribution in [-0.4, -0.2) is 5.11 Å². The molecule has 2 aromatic carbocycles. The molecule has 19 heavy (non-hydrogen) atoms. The van der Waals surface area contributed by atoms with E-state index in [1.807, 2.05) is 6.07 Å². The van der Waals surface area contributed by atoms with E-state index in [1.165, 1.54) is 12.1 Å². The van der Waals surface area contributed by atoms with E-state index in [0.717, 1.165) is 10.9 Å². The number of phenolic OH excluding ortho intramolecular Hbond substituents is 1. The minimum Gasteiger partial charge on any atom is -0.504 e. The number of para-hydroxylation sites is 1. The van der Waals surface area contributed by atoms with E-state index < -0.39 is 0 Å². The van der Waals surface area contributed by atoms with Crippen LogP contribution >= 0.6 is 0 Å². The number of hydrogen-bond acceptors (Lipinski definition) is 3. The van der Waals surface area contributed by atoms with Crippen molar-refractivity contribution in [3.05, 3.63) is 60.1 Å². The van der Waals surface area contributed by atoms with Gasteiger partial charge in [-0.05, 0) is 30.3 Å². The molecule has 1 N–H and O–H groups in total. The molecular formula is C15H11FO3. The number of furan rings is 1. The molecule has 0 radical (unpaired) electrons. The molecule has 0 atom stereocenters. The van der Waals surface area contributed by atoms with Crippen molar-refractivity contribution >= 4 is 11.0 Å². The molecule has 3 aromatic rings. The van der Waals surface area contributed by atoms with Crippen LogP contribution < -0.4 is 4.74 Å². The molecule has 1 heterocycles. The first-order chi connectivity index (χ1) is 9.24. The SMILES string of the molecule is Oc1cccc2c(COc3ccc(F)cc3)coc12. The van der Waals surface area contributed by atoms with E-state index in [4.69, 9.17) is 9.15 Å². The van der Waals surface area contributed by atoms with E-state index in [0.29, 0.717) is 17.9 Å². The van der Waals surface area contributed by atoms with Crippen molar-refractivity contribution in [1.82, 2.24) is 0 Å². The highest BCUT2D eigenvalue weighted by Gasteiger charge is 2.09. The number of halogens is 1. The normalized spacial score (nSPS) is 10.8. The van der Waals surface area contributed by atoms with Gasteiger partial charge in [0.25, 0.3) is 0 Å². The molecule has 0 aliphatic carbocycles. The van der Waals surface area contributed by atoms with Crippen LogP contribution in [0.25, 0.3) is 11.0 Å². The molecule has 0 aliphatic rings. The first kappa shape index (κ1) is 11.6. The monoisotopic (exact) mass is 258 g/mol. The van der Waals surface area contributed by atoms with Gasteiger partial charge in [-0.25, -0.2) is 4.39 Å². The molecule has 3 rings (SSSR count). The van der Waals surface area contributed by atoms with Crippen molar-refractivity contribution in [2.45, 2.75) is 6.61 Å². The molecule has 4 heteroatoms. The fourth-order valence-electron chi connectivity index (χ4n) is 1.90. The Bertz CT molecular complexity index is 701. The van der Waals surface area contributed by atoms with Gasteiger partial charge >= 0.3 is 0 Å². The summed E-state index contributed by atoms with van der Waals surface area (Å²) in [5.74, 6) is 0.382. The maximum atomic E-state index is 12.8. The fraction of sp³-hybridized carbons (Fsp3) is 0.0667. The molecule has 0 fully saturated rings. The Labute approximate surface area is 108 Å². The summed E-state index contributed by atoms with van der Waals surface area (Å²) in [6.07, 6.45) is 1.55. The lowest BCUT2D eigenvalue weighted by molar-refractivity contribution is 0.305. The van der Waals surface area contributed by atoms with E-state index in [2.05, 4.69) is 0 Å². The summed E-state index contributed by atoms with van der Waals surface area (Å²) in [7, 11) is 0. The number of rotatable bonds is 3. The molecule has 0 spiro atoms. The van der Waals surface area contributed by atoms with Crippen LogP contribution in [0.3, 0.4) is 0 Å². The van der Waals surface area contributed by atoms with Gasteiger partial charge in [0.15, 0.2) is 11.3 Å². The molecule has 0 bridgehead atoms. The van der Waals surface area contributed by atoms with Gasteiger partial charge in [-0.15, -0.1) is 0 Å². The van der Waals surface area contributed by atoms with E-state index in [9.17, 15) is 9.50 Å². The second-order valence-electron chi connectivity index (χ2n) is 4.16. The van der Waals surface area contributed by atoms with Gasteiger partial charge in [0.2, 0.25) is 0 Å². The van der Waals surface area contributed by atoms with Crippen LogP contribution in [0.15, 0.2) is 53.1 Å². The third kappa shape index (κ3) is 2.25. The number of benzene rings is 2. The molecule has 0 aliphatic heterocycles. The van der Waals surface area contributed by atoms with Crippen LogP contribution in [0.1, 0.15) is 5.56 Å². The van der Waals surface area contributed by atoms with Crippen LogP contribution in [0, 0.1) is 5.82 Å². The summed E-state index contributed by atoms with van der Waals surface area (Å²) in [6.45, 7) is 0.294. The number of fused-ring (bicyclic) bond motifs is 1. The second kappa shape index (κ2) is 4.65. The Morgan fingerprint density at radius 2 is 1.89 bits per heavy atom. The smallest absolute Gasteiger partial charge is 0.175 e. The topological polar surface area (TPSA) is 42.6 Å². The van der Waals surface area contributed by atoms with Crippen molar-refractivity contribution in [2.24, 2.45) is 0 Å². The highest BCUT2D eigenvalue weighted by atomic mass is 19.1. The van der Waals surface area contributed by atoms with Gasteiger partial charge in [0, 0.05) is 10.9 Å². The standard InChI is InChI=1S/C15H11FO3/c16-11-4-6-12(7-5-11)18-8-10-9-19-15-13(10)2-1-3-14(15)17/h1-7,9,17H,8H2. The summed E-state index contributed by atoms with van der Waals surface area (Å²) in [6, 6.07) is 11.0. The number of hydrogen-bond donors (Lipinski definition) is 1. The molecule has 96 valence electrons. The molecule has 0 amide bonds. The largest absolute Gasteiger partial charge is 0.504 e. The Balaban J connectivity index is 1.82. The summed E-state index contributed by atoms with van der Waals surface area (Å²) in [5, 5.41) is 10.4. The summed E-state index contributed by atoms with van der Waals surface area (Å²) in [5.41, 5.74) is 1.27. The van der Waals surface area contributed by atoms with Gasteiger partial charge in [0.05, 0.1) is 6.26 Å². The zero-order chi connectivity index (χ0) is 13.2. The van der Waals surface area contributed by atoms with Crippen LogP contribution in [-0.2, 0) is 6.61 Å². The fourth-order valence-corrected chi connectivity index (χ4v) is 1.90. The minimum atomic E-state index is -0.300. The molecular weight excluding hydrogens is 247 g/mol. The van der Waals surface area contributed by atoms with Crippen molar-refractivity contribution in [1.29, 1.82) is 0 Å². The van der Waals surface area contributed by atoms with Crippen LogP contribution in [0.5, 0.6) is 11.5 Å². The lowest BCUT2D eigenvalue weighted by Crippen LogP contribution is -1.94. The van der Waals surface area contributed by atoms with Crippen LogP contribution in [0.4, 0.5) is 4.39 Å². The Morgan fingerprint density at radius 3 is 2.68 bits per heavy atom. The van der Waals surface area contributed by atoms with Crippen molar-refractivity contribution in [3.63, 3.8) is 0 Å². The first-order valence-electron chi connectivity index (χ1n) is 5.80. The Hall–Kier alpha value is -2.49. The zero-order valence-corrected chi connectivity index (χ0v) is 9.97. The van der Waals surface area contributed by atoms with Gasteiger partial charge in [-0.2, -0.15) is 0 Å². The predicted octanol–water partition coefficient (Wildman–Crippen LogP) is 3.86. The third-order valence-electron chi connectivity index (χ3n) is 2.87. The van der Waals surface area contributed by atoms with Crippen molar-refractivity contribution in [2.75, 3.05) is 0 Å². The average Bonchev–Trinajstić information content (AvgIpc) is 2.83. The number of ether oxygens (including phenoxy) is 1. The lowest BCUT2D eigenvalue weighted by atomic mass is 10.2. The Kier molecular flexibility index (Phi) is 2.83. The first-order valence-corrected chi connectivity index (χ1v) is 5.80. The van der Waals surface area contributed by atoms with Gasteiger partial charge < -0.3 is 14.3 Å². The number of aromatic hydroxyl groups is 1. The molecule has 0 saturated heterocycles. The summed E-state index contributed by atoms with van der Waals surface area (Å²) in [4.78, 5) is 0. The minimum absolute atomic E-state index is 0.102. The zero-order valence-electron chi connectivity index (χ0n) is 9.97. The maximum absolute atomic E-state index is 12.8. The van der Waals surface area contributed by atoms with Gasteiger partial charge in [0.1, 0.15) is 18.2 Å². The molecule has 0 unspecified atom stereocenters. The van der Waals surface area contributed by atoms with E-state index in [-0.39, 0.29) is 11.6 Å². The van der Waals surface area contributed by atoms with Crippen LogP contribution in [0.2, 0.25) is 0 Å². The lowest BCUT2D eigenvalue weighted by Gasteiger charge is -2.04. The van der Waals surface area contributed by atoms with Gasteiger partial charge in [-0.1, -0.05) is 12.1 Å². The molecule has 3 nitrogen and oxygen atoms in total. The second-order valence-corrected chi connectivity index (χ2v) is 4.16. The van der Waals surface area contributed by atoms with Crippen molar-refractivity contribution < 1.29 is 18.7 Å². The quantitative estimate of drug-likeness (QED) is 0.775. The Morgan fingerprint density at radius 1 is 1.11 bits per heavy atom. The van der Waals surface area contributed by atoms with E-state index in [1.54, 1.807) is 30.5 Å². The molecule has 1 aromatic heterocycles. The molecule has 0 saturated carbocycles. The number of phenols is 1. The highest BCUT2D eigenvalue weighted by Crippen LogP contribution is 2.29.